The molecule has 0 bridgehead atoms. The summed E-state index contributed by atoms with van der Waals surface area (Å²) in [6, 6.07) is 9.30. The maximum absolute atomic E-state index is 14.2. The standard InChI is InChI=1S/C22H18FN3O4.Li/c1-30-19-11-14-6-8-26(20-17(23)3-2-7-24-20)21(27)16(14)10-15(19)9-13-4-5-18(22(28)29)25-12-13;/h2-5,7,10-12H,6,8-9H2,1H3,(H,28,29);/q;+1/p-1. The third-order valence-corrected chi connectivity index (χ3v) is 5.01. The molecule has 0 N–H and O–H groups in total. The third kappa shape index (κ3) is 4.45. The van der Waals surface area contributed by atoms with Gasteiger partial charge in [-0.1, -0.05) is 6.07 Å². The van der Waals surface area contributed by atoms with Gasteiger partial charge in [-0.2, -0.15) is 0 Å². The molecule has 0 spiro atoms. The van der Waals surface area contributed by atoms with Crippen LogP contribution in [0.15, 0.2) is 48.8 Å². The van der Waals surface area contributed by atoms with Gasteiger partial charge in [-0.3, -0.25) is 14.7 Å². The van der Waals surface area contributed by atoms with E-state index in [1.54, 1.807) is 19.2 Å². The molecule has 4 rings (SSSR count). The summed E-state index contributed by atoms with van der Waals surface area (Å²) in [5.74, 6) is -1.61. The maximum atomic E-state index is 14.2. The van der Waals surface area contributed by atoms with Gasteiger partial charge in [0, 0.05) is 30.9 Å². The Kier molecular flexibility index (Phi) is 6.73. The minimum absolute atomic E-state index is 0. The number of nitrogens with zero attached hydrogens (tertiary/aromatic N) is 3. The number of anilines is 1. The van der Waals surface area contributed by atoms with Crippen LogP contribution in [0.1, 0.15) is 37.5 Å². The largest absolute Gasteiger partial charge is 1.00 e. The summed E-state index contributed by atoms with van der Waals surface area (Å²) < 4.78 is 19.7. The maximum Gasteiger partial charge on any atom is 1.00 e. The molecule has 1 aliphatic heterocycles. The van der Waals surface area contributed by atoms with Crippen molar-refractivity contribution in [3.63, 3.8) is 0 Å². The number of amides is 1. The van der Waals surface area contributed by atoms with Crippen molar-refractivity contribution in [1.82, 2.24) is 9.97 Å². The molecule has 2 aromatic heterocycles. The molecule has 0 aliphatic carbocycles. The number of fused-ring (bicyclic) bond motifs is 1. The molecule has 152 valence electrons. The Labute approximate surface area is 190 Å². The van der Waals surface area contributed by atoms with Gasteiger partial charge in [-0.05, 0) is 53.4 Å². The number of methoxy groups -OCH3 is 1. The molecular formula is C22H17FLiN3O4. The second-order valence-electron chi connectivity index (χ2n) is 6.85. The van der Waals surface area contributed by atoms with Crippen LogP contribution in [0.5, 0.6) is 5.75 Å². The predicted octanol–water partition coefficient (Wildman–Crippen LogP) is -1.21. The zero-order valence-electron chi connectivity index (χ0n) is 17.1. The Morgan fingerprint density at radius 2 is 2.06 bits per heavy atom. The Morgan fingerprint density at radius 1 is 1.26 bits per heavy atom. The van der Waals surface area contributed by atoms with E-state index >= 15 is 0 Å². The molecule has 1 aliphatic rings. The molecule has 1 aromatic carbocycles. The van der Waals surface area contributed by atoms with Gasteiger partial charge >= 0.3 is 18.9 Å². The Bertz CT molecular complexity index is 1140. The minimum atomic E-state index is -1.35. The molecule has 9 heteroatoms. The van der Waals surface area contributed by atoms with Gasteiger partial charge in [-0.25, -0.2) is 9.37 Å². The first-order valence-electron chi connectivity index (χ1n) is 9.26. The van der Waals surface area contributed by atoms with E-state index in [-0.39, 0.29) is 36.3 Å². The van der Waals surface area contributed by atoms with Crippen LogP contribution in [0, 0.1) is 5.82 Å². The number of rotatable bonds is 5. The fraction of sp³-hybridized carbons (Fsp3) is 0.182. The normalized spacial score (nSPS) is 12.7. The van der Waals surface area contributed by atoms with E-state index in [0.717, 1.165) is 16.7 Å². The van der Waals surface area contributed by atoms with Crippen LogP contribution in [0.3, 0.4) is 0 Å². The first-order chi connectivity index (χ1) is 14.5. The van der Waals surface area contributed by atoms with E-state index in [9.17, 15) is 19.1 Å². The van der Waals surface area contributed by atoms with E-state index in [1.165, 1.54) is 35.5 Å². The van der Waals surface area contributed by atoms with Gasteiger partial charge in [0.1, 0.15) is 5.75 Å². The van der Waals surface area contributed by atoms with E-state index in [1.807, 2.05) is 6.07 Å². The van der Waals surface area contributed by atoms with Crippen LogP contribution in [0.2, 0.25) is 0 Å². The topological polar surface area (TPSA) is 95.4 Å². The van der Waals surface area contributed by atoms with Gasteiger partial charge in [-0.15, -0.1) is 0 Å². The van der Waals surface area contributed by atoms with Crippen LogP contribution in [-0.4, -0.2) is 35.5 Å². The summed E-state index contributed by atoms with van der Waals surface area (Å²) in [6.07, 6.45) is 3.81. The van der Waals surface area contributed by atoms with Crippen molar-refractivity contribution in [3.8, 4) is 5.75 Å². The predicted molar refractivity (Wildman–Crippen MR) is 104 cm³/mol. The molecule has 0 saturated carbocycles. The SMILES string of the molecule is COc1cc2c(cc1Cc1ccc(C(=O)[O-])nc1)C(=O)N(c1ncccc1F)CC2.[Li+]. The number of benzene rings is 1. The molecular weight excluding hydrogens is 396 g/mol. The number of carboxylic acids is 1. The molecule has 3 heterocycles. The second kappa shape index (κ2) is 9.29. The number of carbonyl (C=O) groups is 2. The van der Waals surface area contributed by atoms with Gasteiger partial charge in [0.15, 0.2) is 11.6 Å². The molecule has 0 radical (unpaired) electrons. The van der Waals surface area contributed by atoms with Gasteiger partial charge in [0.05, 0.1) is 18.8 Å². The molecule has 3 aromatic rings. The molecule has 0 saturated heterocycles. The minimum Gasteiger partial charge on any atom is -0.543 e. The number of pyridine rings is 2. The van der Waals surface area contributed by atoms with E-state index in [0.29, 0.717) is 30.7 Å². The summed E-state index contributed by atoms with van der Waals surface area (Å²) in [4.78, 5) is 33.2. The summed E-state index contributed by atoms with van der Waals surface area (Å²) in [7, 11) is 1.54. The number of carboxylic acid groups (broad SMARTS) is 1. The van der Waals surface area contributed by atoms with Crippen molar-refractivity contribution in [2.24, 2.45) is 0 Å². The van der Waals surface area contributed by atoms with Crippen LogP contribution < -0.4 is 33.6 Å². The Balaban J connectivity index is 0.00000272. The van der Waals surface area contributed by atoms with Crippen molar-refractivity contribution < 1.29 is 42.7 Å². The molecule has 7 nitrogen and oxygen atoms in total. The smallest absolute Gasteiger partial charge is 0.543 e. The first-order valence-corrected chi connectivity index (χ1v) is 9.26. The summed E-state index contributed by atoms with van der Waals surface area (Å²) in [5, 5.41) is 10.9. The number of halogens is 1. The zero-order chi connectivity index (χ0) is 21.3. The first kappa shape index (κ1) is 22.5. The van der Waals surface area contributed by atoms with E-state index < -0.39 is 11.8 Å². The van der Waals surface area contributed by atoms with Crippen LogP contribution >= 0.6 is 0 Å². The number of ether oxygens (including phenoxy) is 1. The fourth-order valence-electron chi connectivity index (χ4n) is 3.53. The molecule has 31 heavy (non-hydrogen) atoms. The Hall–Kier alpha value is -3.21. The van der Waals surface area contributed by atoms with Gasteiger partial charge in [0.25, 0.3) is 5.91 Å². The quantitative estimate of drug-likeness (QED) is 0.487. The Morgan fingerprint density at radius 3 is 2.71 bits per heavy atom. The van der Waals surface area contributed by atoms with Crippen LogP contribution in [0.25, 0.3) is 0 Å². The number of carbonyl (C=O) groups excluding carboxylic acids is 2. The average Bonchev–Trinajstić information content (AvgIpc) is 2.75. The summed E-state index contributed by atoms with van der Waals surface area (Å²) >= 11 is 0. The monoisotopic (exact) mass is 413 g/mol. The zero-order valence-corrected chi connectivity index (χ0v) is 17.1. The fourth-order valence-corrected chi connectivity index (χ4v) is 3.53. The van der Waals surface area contributed by atoms with E-state index in [4.69, 9.17) is 4.74 Å². The van der Waals surface area contributed by atoms with Crippen molar-refractivity contribution in [2.45, 2.75) is 12.8 Å². The molecule has 0 fully saturated rings. The number of aromatic nitrogens is 2. The molecule has 0 unspecified atom stereocenters. The second-order valence-corrected chi connectivity index (χ2v) is 6.85. The van der Waals surface area contributed by atoms with Crippen molar-refractivity contribution in [3.05, 3.63) is 82.6 Å². The van der Waals surface area contributed by atoms with Crippen molar-refractivity contribution in [2.75, 3.05) is 18.6 Å². The molecule has 0 atom stereocenters. The van der Waals surface area contributed by atoms with Crippen LogP contribution in [-0.2, 0) is 12.8 Å². The number of hydrogen-bond donors (Lipinski definition) is 0. The third-order valence-electron chi connectivity index (χ3n) is 5.01. The molecule has 1 amide bonds. The average molecular weight is 413 g/mol. The number of aromatic carboxylic acids is 1. The van der Waals surface area contributed by atoms with Crippen LogP contribution in [0.4, 0.5) is 10.2 Å². The summed E-state index contributed by atoms with van der Waals surface area (Å²) in [6.45, 7) is 0.316. The van der Waals surface area contributed by atoms with Gasteiger partial charge < -0.3 is 14.6 Å². The van der Waals surface area contributed by atoms with Gasteiger partial charge in [0.2, 0.25) is 0 Å². The van der Waals surface area contributed by atoms with Crippen molar-refractivity contribution in [1.29, 1.82) is 0 Å². The summed E-state index contributed by atoms with van der Waals surface area (Å²) in [5.41, 5.74) is 2.60. The van der Waals surface area contributed by atoms with E-state index in [2.05, 4.69) is 9.97 Å². The number of hydrogen-bond acceptors (Lipinski definition) is 6. The van der Waals surface area contributed by atoms with Crippen molar-refractivity contribution >= 4 is 17.7 Å².